The first-order valence-corrected chi connectivity index (χ1v) is 4.44. The van der Waals surface area contributed by atoms with Crippen molar-refractivity contribution in [3.63, 3.8) is 0 Å². The molecule has 1 aromatic rings. The molecular weight excluding hydrogens is 163 g/mol. The zero-order valence-corrected chi connectivity index (χ0v) is 6.51. The second-order valence-corrected chi connectivity index (χ2v) is 3.57. The molecule has 0 N–H and O–H groups in total. The SMILES string of the molecule is C/C=C\c1ccc[se]1. The van der Waals surface area contributed by atoms with Crippen LogP contribution in [0.25, 0.3) is 6.08 Å². The topological polar surface area (TPSA) is 0 Å². The molecule has 0 unspecified atom stereocenters. The summed E-state index contributed by atoms with van der Waals surface area (Å²) >= 11 is 0.631. The first-order valence-electron chi connectivity index (χ1n) is 2.59. The van der Waals surface area contributed by atoms with Crippen LogP contribution in [-0.4, -0.2) is 14.5 Å². The average molecular weight is 171 g/mol. The van der Waals surface area contributed by atoms with E-state index in [0.717, 1.165) is 0 Å². The first-order chi connectivity index (χ1) is 3.93. The first kappa shape index (κ1) is 5.87. The molecule has 0 radical (unpaired) electrons. The fourth-order valence-electron chi connectivity index (χ4n) is 0.550. The van der Waals surface area contributed by atoms with Gasteiger partial charge < -0.3 is 0 Å². The number of hydrogen-bond acceptors (Lipinski definition) is 0. The summed E-state index contributed by atoms with van der Waals surface area (Å²) in [6, 6.07) is 4.29. The molecule has 0 saturated carbocycles. The Labute approximate surface area is 55.6 Å². The summed E-state index contributed by atoms with van der Waals surface area (Å²) in [5, 5.41) is 0. The van der Waals surface area contributed by atoms with Crippen molar-refractivity contribution in [2.75, 3.05) is 0 Å². The van der Waals surface area contributed by atoms with Crippen LogP contribution < -0.4 is 0 Å². The molecule has 0 bridgehead atoms. The van der Waals surface area contributed by atoms with Crippen LogP contribution in [0.4, 0.5) is 0 Å². The summed E-state index contributed by atoms with van der Waals surface area (Å²) in [5.41, 5.74) is 0. The Hall–Kier alpha value is -0.261. The molecule has 0 amide bonds. The van der Waals surface area contributed by atoms with Crippen molar-refractivity contribution in [3.05, 3.63) is 27.6 Å². The summed E-state index contributed by atoms with van der Waals surface area (Å²) in [4.78, 5) is 2.22. The van der Waals surface area contributed by atoms with Gasteiger partial charge >= 0.3 is 55.1 Å². The van der Waals surface area contributed by atoms with E-state index in [1.807, 2.05) is 0 Å². The van der Waals surface area contributed by atoms with E-state index in [4.69, 9.17) is 0 Å². The van der Waals surface area contributed by atoms with Gasteiger partial charge in [-0.25, -0.2) is 0 Å². The van der Waals surface area contributed by atoms with Gasteiger partial charge in [-0.1, -0.05) is 0 Å². The fourth-order valence-corrected chi connectivity index (χ4v) is 1.99. The molecule has 0 atom stereocenters. The third-order valence-electron chi connectivity index (χ3n) is 0.874. The van der Waals surface area contributed by atoms with Gasteiger partial charge in [0.2, 0.25) is 0 Å². The van der Waals surface area contributed by atoms with Gasteiger partial charge in [0, 0.05) is 0 Å². The van der Waals surface area contributed by atoms with E-state index in [9.17, 15) is 0 Å². The molecule has 0 saturated heterocycles. The van der Waals surface area contributed by atoms with Crippen molar-refractivity contribution in [3.8, 4) is 0 Å². The summed E-state index contributed by atoms with van der Waals surface area (Å²) in [5.74, 6) is 0. The Kier molecular flexibility index (Phi) is 2.13. The van der Waals surface area contributed by atoms with Gasteiger partial charge in [0.05, 0.1) is 0 Å². The van der Waals surface area contributed by atoms with E-state index in [0.29, 0.717) is 14.5 Å². The van der Waals surface area contributed by atoms with E-state index in [2.05, 4.69) is 36.1 Å². The zero-order valence-electron chi connectivity index (χ0n) is 4.79. The summed E-state index contributed by atoms with van der Waals surface area (Å²) in [7, 11) is 0. The van der Waals surface area contributed by atoms with Crippen molar-refractivity contribution in [1.82, 2.24) is 0 Å². The summed E-state index contributed by atoms with van der Waals surface area (Å²) < 4.78 is 1.47. The maximum absolute atomic E-state index is 2.22. The van der Waals surface area contributed by atoms with Crippen molar-refractivity contribution < 1.29 is 0 Å². The van der Waals surface area contributed by atoms with Crippen molar-refractivity contribution >= 4 is 20.6 Å². The van der Waals surface area contributed by atoms with Gasteiger partial charge in [0.15, 0.2) is 0 Å². The predicted octanol–water partition coefficient (Wildman–Crippen LogP) is 1.78. The monoisotopic (exact) mass is 172 g/mol. The molecule has 1 aromatic heterocycles. The molecular formula is C7H8Se. The molecule has 0 spiro atoms. The standard InChI is InChI=1S/C7H8Se/c1-2-4-7-5-3-6-8-7/h2-6H,1H3/b4-2-. The van der Waals surface area contributed by atoms with Crippen LogP contribution in [0.15, 0.2) is 23.1 Å². The van der Waals surface area contributed by atoms with Gasteiger partial charge in [-0.05, 0) is 0 Å². The molecule has 0 nitrogen and oxygen atoms in total. The van der Waals surface area contributed by atoms with Crippen LogP contribution >= 0.6 is 0 Å². The number of rotatable bonds is 1. The van der Waals surface area contributed by atoms with Gasteiger partial charge in [0.1, 0.15) is 0 Å². The van der Waals surface area contributed by atoms with Crippen LogP contribution in [0.2, 0.25) is 0 Å². The number of hydrogen-bond donors (Lipinski definition) is 0. The molecule has 8 heavy (non-hydrogen) atoms. The average Bonchev–Trinajstić information content (AvgIpc) is 2.19. The molecule has 1 heteroatoms. The van der Waals surface area contributed by atoms with E-state index in [-0.39, 0.29) is 0 Å². The van der Waals surface area contributed by atoms with Crippen molar-refractivity contribution in [2.45, 2.75) is 6.92 Å². The summed E-state index contributed by atoms with van der Waals surface area (Å²) in [6.07, 6.45) is 4.25. The molecule has 0 fully saturated rings. The second kappa shape index (κ2) is 2.91. The Morgan fingerprint density at radius 1 is 1.62 bits per heavy atom. The number of allylic oxidation sites excluding steroid dienone is 1. The summed E-state index contributed by atoms with van der Waals surface area (Å²) in [6.45, 7) is 2.05. The zero-order chi connectivity index (χ0) is 5.82. The molecule has 0 aromatic carbocycles. The Morgan fingerprint density at radius 2 is 2.50 bits per heavy atom. The molecule has 1 heterocycles. The fraction of sp³-hybridized carbons (Fsp3) is 0.143. The molecule has 0 aliphatic heterocycles. The second-order valence-electron chi connectivity index (χ2n) is 1.52. The molecule has 0 aliphatic rings. The van der Waals surface area contributed by atoms with Crippen molar-refractivity contribution in [1.29, 1.82) is 0 Å². The molecule has 1 rings (SSSR count). The molecule has 0 aliphatic carbocycles. The third kappa shape index (κ3) is 1.36. The van der Waals surface area contributed by atoms with Gasteiger partial charge in [0.25, 0.3) is 0 Å². The van der Waals surface area contributed by atoms with Crippen LogP contribution in [0.3, 0.4) is 0 Å². The van der Waals surface area contributed by atoms with Crippen molar-refractivity contribution in [2.24, 2.45) is 0 Å². The quantitative estimate of drug-likeness (QED) is 0.565. The Bertz CT molecular complexity index is 161. The van der Waals surface area contributed by atoms with Crippen LogP contribution in [0.1, 0.15) is 11.4 Å². The van der Waals surface area contributed by atoms with E-state index >= 15 is 0 Å². The van der Waals surface area contributed by atoms with Gasteiger partial charge in [-0.3, -0.25) is 0 Å². The Balaban J connectivity index is 2.77. The predicted molar refractivity (Wildman–Crippen MR) is 38.1 cm³/mol. The minimum absolute atomic E-state index is 0.631. The normalized spacial score (nSPS) is 10.6. The van der Waals surface area contributed by atoms with E-state index < -0.39 is 0 Å². The third-order valence-corrected chi connectivity index (χ3v) is 2.63. The van der Waals surface area contributed by atoms with Gasteiger partial charge in [-0.15, -0.1) is 0 Å². The minimum atomic E-state index is 0.631. The van der Waals surface area contributed by atoms with Crippen LogP contribution in [0.5, 0.6) is 0 Å². The Morgan fingerprint density at radius 3 is 3.00 bits per heavy atom. The van der Waals surface area contributed by atoms with E-state index in [1.54, 1.807) is 0 Å². The van der Waals surface area contributed by atoms with Crippen LogP contribution in [0, 0.1) is 0 Å². The molecule has 42 valence electrons. The van der Waals surface area contributed by atoms with Gasteiger partial charge in [-0.2, -0.15) is 0 Å². The van der Waals surface area contributed by atoms with E-state index in [1.165, 1.54) is 4.44 Å². The maximum atomic E-state index is 2.22. The van der Waals surface area contributed by atoms with Crippen LogP contribution in [-0.2, 0) is 0 Å².